The van der Waals surface area contributed by atoms with Gasteiger partial charge in [-0.3, -0.25) is 4.98 Å². The van der Waals surface area contributed by atoms with Gasteiger partial charge in [-0.05, 0) is 29.8 Å². The maximum Gasteiger partial charge on any atom is 0.337 e. The molecule has 0 aliphatic heterocycles. The number of nitrogens with zero attached hydrogens (tertiary/aromatic N) is 2. The summed E-state index contributed by atoms with van der Waals surface area (Å²) in [7, 11) is 0. The molecule has 0 spiro atoms. The van der Waals surface area contributed by atoms with Crippen LogP contribution in [-0.4, -0.2) is 20.6 Å². The van der Waals surface area contributed by atoms with Crippen molar-refractivity contribution in [2.45, 2.75) is 6.54 Å². The zero-order chi connectivity index (χ0) is 13.2. The first-order valence-corrected chi connectivity index (χ1v) is 5.96. The Bertz CT molecular complexity index is 732. The van der Waals surface area contributed by atoms with Crippen molar-refractivity contribution in [3.05, 3.63) is 66.1 Å². The van der Waals surface area contributed by atoms with E-state index in [0.29, 0.717) is 12.1 Å². The largest absolute Gasteiger partial charge is 0.478 e. The molecule has 3 rings (SSSR count). The van der Waals surface area contributed by atoms with Crippen molar-refractivity contribution < 1.29 is 9.90 Å². The summed E-state index contributed by atoms with van der Waals surface area (Å²) in [6.45, 7) is 0.635. The average molecular weight is 252 g/mol. The molecule has 94 valence electrons. The number of carbonyl (C=O) groups is 1. The van der Waals surface area contributed by atoms with E-state index >= 15 is 0 Å². The van der Waals surface area contributed by atoms with Crippen LogP contribution in [0.4, 0.5) is 0 Å². The Morgan fingerprint density at radius 3 is 2.68 bits per heavy atom. The number of rotatable bonds is 3. The van der Waals surface area contributed by atoms with Crippen molar-refractivity contribution in [3.63, 3.8) is 0 Å². The molecular weight excluding hydrogens is 240 g/mol. The van der Waals surface area contributed by atoms with Gasteiger partial charge < -0.3 is 9.67 Å². The molecule has 0 amide bonds. The highest BCUT2D eigenvalue weighted by atomic mass is 16.4. The van der Waals surface area contributed by atoms with Crippen LogP contribution in [0.25, 0.3) is 10.9 Å². The number of hydrogen-bond donors (Lipinski definition) is 1. The third kappa shape index (κ3) is 2.08. The summed E-state index contributed by atoms with van der Waals surface area (Å²) < 4.78 is 1.95. The Morgan fingerprint density at radius 1 is 1.16 bits per heavy atom. The normalized spacial score (nSPS) is 10.7. The van der Waals surface area contributed by atoms with Crippen molar-refractivity contribution >= 4 is 16.9 Å². The van der Waals surface area contributed by atoms with Crippen molar-refractivity contribution in [1.29, 1.82) is 0 Å². The van der Waals surface area contributed by atoms with E-state index in [1.165, 1.54) is 0 Å². The predicted molar refractivity (Wildman–Crippen MR) is 72.2 cm³/mol. The van der Waals surface area contributed by atoms with Crippen molar-refractivity contribution in [1.82, 2.24) is 9.55 Å². The second-order valence-electron chi connectivity index (χ2n) is 4.35. The fourth-order valence-corrected chi connectivity index (χ4v) is 2.25. The number of aromatic carboxylic acids is 1. The van der Waals surface area contributed by atoms with Gasteiger partial charge in [-0.15, -0.1) is 0 Å². The molecule has 4 heteroatoms. The Kier molecular flexibility index (Phi) is 2.76. The molecule has 0 fully saturated rings. The van der Waals surface area contributed by atoms with Gasteiger partial charge in [0.15, 0.2) is 0 Å². The molecule has 0 saturated heterocycles. The number of carboxylic acid groups (broad SMARTS) is 1. The van der Waals surface area contributed by atoms with E-state index in [1.54, 1.807) is 24.5 Å². The van der Waals surface area contributed by atoms with Gasteiger partial charge in [0.05, 0.1) is 11.1 Å². The minimum Gasteiger partial charge on any atom is -0.478 e. The van der Waals surface area contributed by atoms with Crippen LogP contribution in [0.1, 0.15) is 15.9 Å². The summed E-state index contributed by atoms with van der Waals surface area (Å²) in [4.78, 5) is 15.3. The van der Waals surface area contributed by atoms with E-state index in [9.17, 15) is 9.90 Å². The monoisotopic (exact) mass is 252 g/mol. The third-order valence-corrected chi connectivity index (χ3v) is 3.12. The topological polar surface area (TPSA) is 55.1 Å². The maximum absolute atomic E-state index is 11.3. The lowest BCUT2D eigenvalue weighted by molar-refractivity contribution is 0.0698. The van der Waals surface area contributed by atoms with Crippen LogP contribution in [0.5, 0.6) is 0 Å². The lowest BCUT2D eigenvalue weighted by Gasteiger charge is -2.07. The first kappa shape index (κ1) is 11.5. The first-order chi connectivity index (χ1) is 9.25. The first-order valence-electron chi connectivity index (χ1n) is 5.96. The highest BCUT2D eigenvalue weighted by molar-refractivity contribution is 6.02. The summed E-state index contributed by atoms with van der Waals surface area (Å²) in [5.74, 6) is -0.903. The second kappa shape index (κ2) is 4.57. The molecule has 0 radical (unpaired) electrons. The number of fused-ring (bicyclic) bond motifs is 1. The van der Waals surface area contributed by atoms with E-state index < -0.39 is 5.97 Å². The molecule has 0 aliphatic carbocycles. The van der Waals surface area contributed by atoms with Crippen molar-refractivity contribution in [2.75, 3.05) is 0 Å². The van der Waals surface area contributed by atoms with Crippen LogP contribution in [-0.2, 0) is 6.54 Å². The molecule has 0 saturated carbocycles. The predicted octanol–water partition coefficient (Wildman–Crippen LogP) is 2.78. The molecule has 0 unspecified atom stereocenters. The van der Waals surface area contributed by atoms with Gasteiger partial charge in [-0.25, -0.2) is 4.79 Å². The van der Waals surface area contributed by atoms with Crippen LogP contribution in [0.15, 0.2) is 55.0 Å². The van der Waals surface area contributed by atoms with Gasteiger partial charge in [0.25, 0.3) is 0 Å². The maximum atomic E-state index is 11.3. The van der Waals surface area contributed by atoms with Crippen molar-refractivity contribution in [3.8, 4) is 0 Å². The fraction of sp³-hybridized carbons (Fsp3) is 0.0667. The zero-order valence-corrected chi connectivity index (χ0v) is 10.2. The van der Waals surface area contributed by atoms with Gasteiger partial charge in [0.2, 0.25) is 0 Å². The van der Waals surface area contributed by atoms with E-state index in [2.05, 4.69) is 4.98 Å². The molecule has 4 nitrogen and oxygen atoms in total. The highest BCUT2D eigenvalue weighted by Crippen LogP contribution is 2.21. The number of para-hydroxylation sites is 1. The number of pyridine rings is 1. The number of carboxylic acids is 1. The lowest BCUT2D eigenvalue weighted by Crippen LogP contribution is -2.04. The summed E-state index contributed by atoms with van der Waals surface area (Å²) in [6, 6.07) is 11.1. The van der Waals surface area contributed by atoms with Gasteiger partial charge >= 0.3 is 5.97 Å². The molecule has 1 N–H and O–H groups in total. The average Bonchev–Trinajstić information content (AvgIpc) is 2.83. The van der Waals surface area contributed by atoms with Crippen LogP contribution >= 0.6 is 0 Å². The Hall–Kier alpha value is -2.62. The fourth-order valence-electron chi connectivity index (χ4n) is 2.25. The quantitative estimate of drug-likeness (QED) is 0.779. The molecule has 0 aliphatic rings. The van der Waals surface area contributed by atoms with Gasteiger partial charge in [-0.2, -0.15) is 0 Å². The summed E-state index contributed by atoms with van der Waals surface area (Å²) in [5.41, 5.74) is 2.18. The Balaban J connectivity index is 2.12. The van der Waals surface area contributed by atoms with Crippen LogP contribution in [0.3, 0.4) is 0 Å². The molecule has 1 aromatic carbocycles. The Labute approximate surface area is 109 Å². The van der Waals surface area contributed by atoms with E-state index in [1.807, 2.05) is 35.0 Å². The number of aromatic nitrogens is 2. The summed E-state index contributed by atoms with van der Waals surface area (Å²) in [6.07, 6.45) is 5.38. The van der Waals surface area contributed by atoms with Gasteiger partial charge in [0, 0.05) is 30.5 Å². The third-order valence-electron chi connectivity index (χ3n) is 3.12. The molecule has 0 atom stereocenters. The molecule has 2 heterocycles. The number of benzene rings is 1. The molecule has 2 aromatic heterocycles. The van der Waals surface area contributed by atoms with E-state index in [-0.39, 0.29) is 0 Å². The van der Waals surface area contributed by atoms with Gasteiger partial charge in [0.1, 0.15) is 0 Å². The zero-order valence-electron chi connectivity index (χ0n) is 10.2. The minimum atomic E-state index is -0.903. The van der Waals surface area contributed by atoms with Crippen LogP contribution in [0.2, 0.25) is 0 Å². The number of hydrogen-bond acceptors (Lipinski definition) is 2. The second-order valence-corrected chi connectivity index (χ2v) is 4.35. The van der Waals surface area contributed by atoms with E-state index in [0.717, 1.165) is 16.5 Å². The van der Waals surface area contributed by atoms with Crippen LogP contribution in [0, 0.1) is 0 Å². The van der Waals surface area contributed by atoms with Gasteiger partial charge in [-0.1, -0.05) is 12.1 Å². The molecule has 3 aromatic rings. The molecule has 0 bridgehead atoms. The van der Waals surface area contributed by atoms with E-state index in [4.69, 9.17) is 0 Å². The highest BCUT2D eigenvalue weighted by Gasteiger charge is 2.12. The van der Waals surface area contributed by atoms with Crippen molar-refractivity contribution in [2.24, 2.45) is 0 Å². The smallest absolute Gasteiger partial charge is 0.337 e. The summed E-state index contributed by atoms with van der Waals surface area (Å²) in [5, 5.41) is 10.2. The van der Waals surface area contributed by atoms with Crippen LogP contribution < -0.4 is 0 Å². The SMILES string of the molecule is O=C(O)c1cccc2ccn(Cc3ccncc3)c12. The Morgan fingerprint density at radius 2 is 1.95 bits per heavy atom. The minimum absolute atomic E-state index is 0.330. The lowest BCUT2D eigenvalue weighted by atomic mass is 10.1. The molecular formula is C15H12N2O2. The standard InChI is InChI=1S/C15H12N2O2/c18-15(19)13-3-1-2-12-6-9-17(14(12)13)10-11-4-7-16-8-5-11/h1-9H,10H2,(H,18,19). The molecule has 19 heavy (non-hydrogen) atoms. The summed E-state index contributed by atoms with van der Waals surface area (Å²) >= 11 is 0.